The minimum absolute atomic E-state index is 0.0256. The van der Waals surface area contributed by atoms with Gasteiger partial charge in [-0.3, -0.25) is 14.5 Å². The Hall–Kier alpha value is -1.73. The van der Waals surface area contributed by atoms with Gasteiger partial charge < -0.3 is 24.8 Å². The number of ether oxygens (including phenoxy) is 3. The lowest BCUT2D eigenvalue weighted by molar-refractivity contribution is -0.167. The molecule has 0 aromatic heterocycles. The molecular formula is C28H44N4O5. The van der Waals surface area contributed by atoms with Crippen LogP contribution in [0.25, 0.3) is 0 Å². The predicted molar refractivity (Wildman–Crippen MR) is 136 cm³/mol. The van der Waals surface area contributed by atoms with Crippen LogP contribution in [0, 0.1) is 40.9 Å². The predicted octanol–water partition coefficient (Wildman–Crippen LogP) is 1.86. The van der Waals surface area contributed by atoms with Crippen molar-refractivity contribution in [3.05, 3.63) is 0 Å². The van der Waals surface area contributed by atoms with Gasteiger partial charge in [-0.05, 0) is 76.3 Å². The number of hydrogen-bond donors (Lipinski definition) is 2. The van der Waals surface area contributed by atoms with Crippen molar-refractivity contribution in [2.24, 2.45) is 29.6 Å². The molecule has 5 fully saturated rings. The molecule has 5 aliphatic rings. The van der Waals surface area contributed by atoms with E-state index in [9.17, 15) is 14.9 Å². The fourth-order valence-electron chi connectivity index (χ4n) is 7.87. The quantitative estimate of drug-likeness (QED) is 0.515. The maximum Gasteiger partial charge on any atom is 0.310 e. The van der Waals surface area contributed by atoms with Gasteiger partial charge in [0.25, 0.3) is 5.91 Å². The molecule has 1 amide bonds. The second-order valence-corrected chi connectivity index (χ2v) is 12.3. The number of carbonyl (C=O) groups is 2. The van der Waals surface area contributed by atoms with Crippen LogP contribution in [0.2, 0.25) is 0 Å². The van der Waals surface area contributed by atoms with Crippen molar-refractivity contribution in [3.63, 3.8) is 0 Å². The maximum atomic E-state index is 12.8. The zero-order chi connectivity index (χ0) is 26.0. The topological polar surface area (TPSA) is 113 Å². The Balaban J connectivity index is 1.08. The van der Waals surface area contributed by atoms with Gasteiger partial charge in [0.1, 0.15) is 17.7 Å². The van der Waals surface area contributed by atoms with Crippen LogP contribution in [0.15, 0.2) is 0 Å². The van der Waals surface area contributed by atoms with Crippen molar-refractivity contribution in [3.8, 4) is 6.07 Å². The first-order valence-corrected chi connectivity index (χ1v) is 14.4. The van der Waals surface area contributed by atoms with Crippen LogP contribution in [0.1, 0.15) is 57.8 Å². The van der Waals surface area contributed by atoms with Gasteiger partial charge in [0.15, 0.2) is 0 Å². The number of likely N-dealkylation sites (tertiary alicyclic amines) is 1. The molecule has 2 aliphatic carbocycles. The standard InChI is InChI=1S/C28H44N4O5/c1-32-16-28(17-32)24-12-20(7-8-23(24)27(34)37-28)19-5-3-18(4-6-19)11-21(13-29)31-26(33)25-14-30-10-9-22(35-2)15-36-25/h18-25,30H,3-12,14-17H2,1-2H3,(H,31,33). The van der Waals surface area contributed by atoms with Crippen LogP contribution in [0.5, 0.6) is 0 Å². The first kappa shape index (κ1) is 26.9. The van der Waals surface area contributed by atoms with E-state index in [4.69, 9.17) is 14.2 Å². The lowest BCUT2D eigenvalue weighted by atomic mass is 9.61. The third-order valence-electron chi connectivity index (χ3n) is 9.93. The Kier molecular flexibility index (Phi) is 8.40. The number of likely N-dealkylation sites (N-methyl/N-ethyl adjacent to an activating group) is 1. The fourth-order valence-corrected chi connectivity index (χ4v) is 7.87. The average Bonchev–Trinajstić information content (AvgIpc) is 3.15. The molecule has 206 valence electrons. The second kappa shape index (κ2) is 11.6. The Morgan fingerprint density at radius 1 is 1.22 bits per heavy atom. The summed E-state index contributed by atoms with van der Waals surface area (Å²) >= 11 is 0. The maximum absolute atomic E-state index is 12.8. The zero-order valence-electron chi connectivity index (χ0n) is 22.5. The van der Waals surface area contributed by atoms with Gasteiger partial charge in [-0.2, -0.15) is 5.26 Å². The summed E-state index contributed by atoms with van der Waals surface area (Å²) in [5.74, 6) is 2.14. The summed E-state index contributed by atoms with van der Waals surface area (Å²) in [6.07, 6.45) is 8.70. The van der Waals surface area contributed by atoms with E-state index in [1.165, 1.54) is 12.8 Å². The van der Waals surface area contributed by atoms with Gasteiger partial charge in [-0.25, -0.2) is 0 Å². The molecule has 3 saturated heterocycles. The van der Waals surface area contributed by atoms with E-state index in [1.54, 1.807) is 7.11 Å². The largest absolute Gasteiger partial charge is 0.456 e. The first-order chi connectivity index (χ1) is 17.9. The number of fused-ring (bicyclic) bond motifs is 2. The van der Waals surface area contributed by atoms with Crippen LogP contribution in [-0.4, -0.2) is 87.6 Å². The van der Waals surface area contributed by atoms with E-state index in [-0.39, 0.29) is 29.5 Å². The Morgan fingerprint density at radius 2 is 1.97 bits per heavy atom. The van der Waals surface area contributed by atoms with E-state index in [0.717, 1.165) is 58.2 Å². The lowest BCUT2D eigenvalue weighted by Gasteiger charge is -2.50. The van der Waals surface area contributed by atoms with Crippen LogP contribution in [0.4, 0.5) is 0 Å². The highest BCUT2D eigenvalue weighted by Crippen LogP contribution is 2.53. The number of rotatable bonds is 6. The molecule has 0 bridgehead atoms. The van der Waals surface area contributed by atoms with Gasteiger partial charge >= 0.3 is 5.97 Å². The van der Waals surface area contributed by atoms with Crippen LogP contribution in [-0.2, 0) is 23.8 Å². The van der Waals surface area contributed by atoms with Crippen molar-refractivity contribution in [2.75, 3.05) is 46.9 Å². The van der Waals surface area contributed by atoms with E-state index in [2.05, 4.69) is 28.7 Å². The number of esters is 1. The van der Waals surface area contributed by atoms with E-state index in [0.29, 0.717) is 43.2 Å². The van der Waals surface area contributed by atoms with Gasteiger partial charge in [-0.15, -0.1) is 0 Å². The molecule has 2 saturated carbocycles. The summed E-state index contributed by atoms with van der Waals surface area (Å²) in [5, 5.41) is 15.9. The highest BCUT2D eigenvalue weighted by molar-refractivity contribution is 5.81. The van der Waals surface area contributed by atoms with Crippen LogP contribution in [0.3, 0.4) is 0 Å². The summed E-state index contributed by atoms with van der Waals surface area (Å²) in [6, 6.07) is 1.82. The molecule has 6 unspecified atom stereocenters. The smallest absolute Gasteiger partial charge is 0.310 e. The average molecular weight is 517 g/mol. The fraction of sp³-hybridized carbons (Fsp3) is 0.893. The van der Waals surface area contributed by atoms with Gasteiger partial charge in [0, 0.05) is 32.7 Å². The van der Waals surface area contributed by atoms with Gasteiger partial charge in [0.2, 0.25) is 0 Å². The molecule has 9 heteroatoms. The highest BCUT2D eigenvalue weighted by Gasteiger charge is 2.62. The molecule has 37 heavy (non-hydrogen) atoms. The number of nitriles is 1. The molecule has 6 atom stereocenters. The monoisotopic (exact) mass is 516 g/mol. The molecule has 3 heterocycles. The molecular weight excluding hydrogens is 472 g/mol. The first-order valence-electron chi connectivity index (χ1n) is 14.4. The van der Waals surface area contributed by atoms with E-state index >= 15 is 0 Å². The summed E-state index contributed by atoms with van der Waals surface area (Å²) < 4.78 is 17.1. The minimum atomic E-state index is -0.607. The summed E-state index contributed by atoms with van der Waals surface area (Å²) in [4.78, 5) is 27.6. The minimum Gasteiger partial charge on any atom is -0.456 e. The number of nitrogens with one attached hydrogen (secondary N) is 2. The van der Waals surface area contributed by atoms with Crippen LogP contribution < -0.4 is 10.6 Å². The zero-order valence-corrected chi connectivity index (χ0v) is 22.5. The number of carbonyl (C=O) groups excluding carboxylic acids is 2. The van der Waals surface area contributed by atoms with E-state index in [1.807, 2.05) is 0 Å². The van der Waals surface area contributed by atoms with Crippen molar-refractivity contribution >= 4 is 11.9 Å². The molecule has 0 aromatic carbocycles. The third-order valence-corrected chi connectivity index (χ3v) is 9.93. The molecule has 9 nitrogen and oxygen atoms in total. The second-order valence-electron chi connectivity index (χ2n) is 12.3. The SMILES string of the molecule is COC1CCNCC(C(=O)NC(C#N)CC2CCC(C3CCC4C(=O)OC5(CN(C)C5)C4C3)CC2)OC1. The molecule has 3 aliphatic heterocycles. The van der Waals surface area contributed by atoms with Gasteiger partial charge in [-0.1, -0.05) is 12.8 Å². The molecule has 5 rings (SSSR count). The molecule has 0 radical (unpaired) electrons. The van der Waals surface area contributed by atoms with Gasteiger partial charge in [0.05, 0.1) is 24.7 Å². The number of methoxy groups -OCH3 is 1. The molecule has 0 aromatic rings. The van der Waals surface area contributed by atoms with Crippen molar-refractivity contribution < 1.29 is 23.8 Å². The van der Waals surface area contributed by atoms with Crippen molar-refractivity contribution in [1.29, 1.82) is 5.26 Å². The number of nitrogens with zero attached hydrogens (tertiary/aromatic N) is 2. The molecule has 2 N–H and O–H groups in total. The van der Waals surface area contributed by atoms with Crippen molar-refractivity contribution in [1.82, 2.24) is 15.5 Å². The molecule has 1 spiro atoms. The van der Waals surface area contributed by atoms with Crippen molar-refractivity contribution in [2.45, 2.75) is 81.6 Å². The number of hydrogen-bond acceptors (Lipinski definition) is 8. The lowest BCUT2D eigenvalue weighted by Crippen LogP contribution is -2.64. The highest BCUT2D eigenvalue weighted by atomic mass is 16.6. The summed E-state index contributed by atoms with van der Waals surface area (Å²) in [5.41, 5.74) is -0.217. The summed E-state index contributed by atoms with van der Waals surface area (Å²) in [7, 11) is 3.76. The number of amides is 1. The normalized spacial score (nSPS) is 38.8. The Bertz CT molecular complexity index is 863. The Morgan fingerprint density at radius 3 is 2.68 bits per heavy atom. The third kappa shape index (κ3) is 5.83. The Labute approximate surface area is 220 Å². The summed E-state index contributed by atoms with van der Waals surface area (Å²) in [6.45, 7) is 3.38. The van der Waals surface area contributed by atoms with E-state index < -0.39 is 12.1 Å². The van der Waals surface area contributed by atoms with Crippen LogP contribution >= 0.6 is 0 Å².